The van der Waals surface area contributed by atoms with Crippen LogP contribution in [-0.4, -0.2) is 12.5 Å². The Morgan fingerprint density at radius 2 is 2.31 bits per heavy atom. The van der Waals surface area contributed by atoms with Gasteiger partial charge in [0, 0.05) is 16.4 Å². The summed E-state index contributed by atoms with van der Waals surface area (Å²) in [6.45, 7) is 3.96. The number of furan rings is 1. The minimum Gasteiger partial charge on any atom is -0.451 e. The molecule has 1 aromatic heterocycles. The quantitative estimate of drug-likeness (QED) is 0.878. The van der Waals surface area contributed by atoms with Crippen molar-refractivity contribution in [3.05, 3.63) is 47.2 Å². The van der Waals surface area contributed by atoms with Crippen molar-refractivity contribution < 1.29 is 9.21 Å². The number of benzene rings is 1. The zero-order valence-electron chi connectivity index (χ0n) is 8.50. The van der Waals surface area contributed by atoms with Crippen LogP contribution in [0.2, 0.25) is 0 Å². The van der Waals surface area contributed by atoms with Crippen molar-refractivity contribution in [2.45, 2.75) is 0 Å². The number of rotatable bonds is 3. The van der Waals surface area contributed by atoms with Gasteiger partial charge in [0.05, 0.1) is 0 Å². The minimum atomic E-state index is -0.229. The predicted octanol–water partition coefficient (Wildman–Crippen LogP) is 3.11. The summed E-state index contributed by atoms with van der Waals surface area (Å²) in [5.74, 6) is 0.0853. The first-order valence-electron chi connectivity index (χ1n) is 4.79. The van der Waals surface area contributed by atoms with Crippen molar-refractivity contribution in [3.63, 3.8) is 0 Å². The van der Waals surface area contributed by atoms with Crippen LogP contribution in [0.3, 0.4) is 0 Å². The molecule has 1 aromatic carbocycles. The number of halogens is 1. The topological polar surface area (TPSA) is 42.2 Å². The lowest BCUT2D eigenvalue weighted by molar-refractivity contribution is 0.0932. The van der Waals surface area contributed by atoms with E-state index in [0.717, 1.165) is 9.86 Å². The second-order valence-electron chi connectivity index (χ2n) is 3.29. The van der Waals surface area contributed by atoms with E-state index in [1.165, 1.54) is 0 Å². The van der Waals surface area contributed by atoms with E-state index in [1.807, 2.05) is 18.2 Å². The molecule has 0 saturated heterocycles. The van der Waals surface area contributed by atoms with E-state index in [0.29, 0.717) is 17.9 Å². The van der Waals surface area contributed by atoms with Crippen LogP contribution in [0.25, 0.3) is 11.0 Å². The van der Waals surface area contributed by atoms with E-state index < -0.39 is 0 Å². The maximum Gasteiger partial charge on any atom is 0.287 e. The van der Waals surface area contributed by atoms with Gasteiger partial charge in [-0.25, -0.2) is 0 Å². The summed E-state index contributed by atoms with van der Waals surface area (Å²) in [5, 5.41) is 3.56. The summed E-state index contributed by atoms with van der Waals surface area (Å²) in [4.78, 5) is 11.6. The Morgan fingerprint density at radius 1 is 1.50 bits per heavy atom. The van der Waals surface area contributed by atoms with E-state index in [4.69, 9.17) is 4.42 Å². The van der Waals surface area contributed by atoms with Gasteiger partial charge in [-0.05, 0) is 24.3 Å². The highest BCUT2D eigenvalue weighted by Gasteiger charge is 2.11. The Morgan fingerprint density at radius 3 is 3.06 bits per heavy atom. The highest BCUT2D eigenvalue weighted by molar-refractivity contribution is 9.10. The van der Waals surface area contributed by atoms with E-state index >= 15 is 0 Å². The third kappa shape index (κ3) is 2.17. The highest BCUT2D eigenvalue weighted by Crippen LogP contribution is 2.23. The summed E-state index contributed by atoms with van der Waals surface area (Å²) in [7, 11) is 0. The van der Waals surface area contributed by atoms with Gasteiger partial charge in [-0.15, -0.1) is 6.58 Å². The van der Waals surface area contributed by atoms with Crippen LogP contribution in [0.5, 0.6) is 0 Å². The number of hydrogen-bond acceptors (Lipinski definition) is 2. The maximum atomic E-state index is 11.6. The summed E-state index contributed by atoms with van der Waals surface area (Å²) >= 11 is 3.37. The average Bonchev–Trinajstić information content (AvgIpc) is 2.68. The van der Waals surface area contributed by atoms with Gasteiger partial charge in [0.25, 0.3) is 5.91 Å². The summed E-state index contributed by atoms with van der Waals surface area (Å²) in [5.41, 5.74) is 0.701. The molecule has 16 heavy (non-hydrogen) atoms. The van der Waals surface area contributed by atoms with Crippen LogP contribution in [0, 0.1) is 0 Å². The van der Waals surface area contributed by atoms with E-state index in [9.17, 15) is 4.79 Å². The second kappa shape index (κ2) is 4.53. The highest BCUT2D eigenvalue weighted by atomic mass is 79.9. The first-order valence-corrected chi connectivity index (χ1v) is 5.58. The molecule has 0 fully saturated rings. The fraction of sp³-hybridized carbons (Fsp3) is 0.0833. The number of carbonyl (C=O) groups excluding carboxylic acids is 1. The molecule has 0 bridgehead atoms. The van der Waals surface area contributed by atoms with Crippen molar-refractivity contribution in [2.75, 3.05) is 6.54 Å². The average molecular weight is 280 g/mol. The van der Waals surface area contributed by atoms with E-state index in [1.54, 1.807) is 12.1 Å². The molecule has 2 rings (SSSR count). The minimum absolute atomic E-state index is 0.229. The second-order valence-corrected chi connectivity index (χ2v) is 4.21. The zero-order valence-corrected chi connectivity index (χ0v) is 10.1. The molecule has 1 amide bonds. The molecule has 0 spiro atoms. The van der Waals surface area contributed by atoms with Crippen molar-refractivity contribution >= 4 is 32.8 Å². The van der Waals surface area contributed by atoms with Gasteiger partial charge in [-0.3, -0.25) is 4.79 Å². The first-order chi connectivity index (χ1) is 7.70. The number of hydrogen-bond donors (Lipinski definition) is 1. The van der Waals surface area contributed by atoms with Gasteiger partial charge < -0.3 is 9.73 Å². The van der Waals surface area contributed by atoms with Gasteiger partial charge in [0.15, 0.2) is 5.76 Å². The lowest BCUT2D eigenvalue weighted by Crippen LogP contribution is -2.22. The zero-order chi connectivity index (χ0) is 11.5. The lowest BCUT2D eigenvalue weighted by Gasteiger charge is -1.96. The molecule has 0 unspecified atom stereocenters. The largest absolute Gasteiger partial charge is 0.451 e. The SMILES string of the molecule is C=CCNC(=O)c1cc2cc(Br)ccc2o1. The summed E-state index contributed by atoms with van der Waals surface area (Å²) < 4.78 is 6.37. The smallest absolute Gasteiger partial charge is 0.287 e. The fourth-order valence-electron chi connectivity index (χ4n) is 1.38. The summed E-state index contributed by atoms with van der Waals surface area (Å²) in [6, 6.07) is 7.32. The Labute approximate surface area is 101 Å². The van der Waals surface area contributed by atoms with Gasteiger partial charge in [-0.2, -0.15) is 0 Å². The maximum absolute atomic E-state index is 11.6. The Balaban J connectivity index is 2.32. The van der Waals surface area contributed by atoms with Gasteiger partial charge in [0.1, 0.15) is 5.58 Å². The molecule has 0 saturated carbocycles. The van der Waals surface area contributed by atoms with E-state index in [2.05, 4.69) is 27.8 Å². The molecule has 4 heteroatoms. The lowest BCUT2D eigenvalue weighted by atomic mass is 10.2. The molecule has 0 atom stereocenters. The molecule has 0 aliphatic heterocycles. The van der Waals surface area contributed by atoms with Crippen LogP contribution in [0.4, 0.5) is 0 Å². The van der Waals surface area contributed by atoms with Crippen LogP contribution >= 0.6 is 15.9 Å². The molecular weight excluding hydrogens is 270 g/mol. The first kappa shape index (κ1) is 11.0. The molecule has 0 aliphatic rings. The van der Waals surface area contributed by atoms with Gasteiger partial charge in [-0.1, -0.05) is 22.0 Å². The molecule has 82 valence electrons. The Hall–Kier alpha value is -1.55. The molecular formula is C12H10BrNO2. The Kier molecular flexibility index (Phi) is 3.10. The number of amides is 1. The number of carbonyl (C=O) groups is 1. The van der Waals surface area contributed by atoms with Crippen LogP contribution in [-0.2, 0) is 0 Å². The standard InChI is InChI=1S/C12H10BrNO2/c1-2-5-14-12(15)11-7-8-6-9(13)3-4-10(8)16-11/h2-4,6-7H,1,5H2,(H,14,15). The van der Waals surface area contributed by atoms with Crippen LogP contribution < -0.4 is 5.32 Å². The molecule has 0 aliphatic carbocycles. The molecule has 1 heterocycles. The van der Waals surface area contributed by atoms with Gasteiger partial charge >= 0.3 is 0 Å². The van der Waals surface area contributed by atoms with Crippen molar-refractivity contribution in [1.29, 1.82) is 0 Å². The van der Waals surface area contributed by atoms with Crippen molar-refractivity contribution in [2.24, 2.45) is 0 Å². The molecule has 3 nitrogen and oxygen atoms in total. The van der Waals surface area contributed by atoms with Crippen LogP contribution in [0.1, 0.15) is 10.6 Å². The number of nitrogens with one attached hydrogen (secondary N) is 1. The Bertz CT molecular complexity index is 545. The van der Waals surface area contributed by atoms with Crippen molar-refractivity contribution in [3.8, 4) is 0 Å². The molecule has 0 radical (unpaired) electrons. The van der Waals surface area contributed by atoms with Crippen LogP contribution in [0.15, 0.2) is 45.8 Å². The fourth-order valence-corrected chi connectivity index (χ4v) is 1.76. The van der Waals surface area contributed by atoms with Crippen molar-refractivity contribution in [1.82, 2.24) is 5.32 Å². The molecule has 1 N–H and O–H groups in total. The monoisotopic (exact) mass is 279 g/mol. The predicted molar refractivity (Wildman–Crippen MR) is 66.4 cm³/mol. The molecule has 2 aromatic rings. The number of fused-ring (bicyclic) bond motifs is 1. The normalized spacial score (nSPS) is 10.3. The van der Waals surface area contributed by atoms with Gasteiger partial charge in [0.2, 0.25) is 0 Å². The third-order valence-corrected chi connectivity index (χ3v) is 2.60. The summed E-state index contributed by atoms with van der Waals surface area (Å²) in [6.07, 6.45) is 1.62. The van der Waals surface area contributed by atoms with E-state index in [-0.39, 0.29) is 5.91 Å². The third-order valence-electron chi connectivity index (χ3n) is 2.11.